The Labute approximate surface area is 189 Å². The van der Waals surface area contributed by atoms with E-state index < -0.39 is 0 Å². The number of benzene rings is 4. The molecule has 150 valence electrons. The molecule has 2 aliphatic rings. The van der Waals surface area contributed by atoms with Gasteiger partial charge in [0.05, 0.1) is 10.6 Å². The van der Waals surface area contributed by atoms with Gasteiger partial charge in [-0.1, -0.05) is 96.2 Å². The van der Waals surface area contributed by atoms with Gasteiger partial charge in [-0.2, -0.15) is 0 Å². The van der Waals surface area contributed by atoms with Gasteiger partial charge >= 0.3 is 0 Å². The van der Waals surface area contributed by atoms with Crippen LogP contribution in [-0.4, -0.2) is 11.6 Å². The monoisotopic (exact) mass is 440 g/mol. The maximum Gasteiger partial charge on any atom is 0.196 e. The summed E-state index contributed by atoms with van der Waals surface area (Å²) in [5.74, 6) is -0.321. The Morgan fingerprint density at radius 2 is 1.10 bits per heavy atom. The summed E-state index contributed by atoms with van der Waals surface area (Å²) < 4.78 is 0. The lowest BCUT2D eigenvalue weighted by molar-refractivity contribution is 0.0979. The first-order valence-electron chi connectivity index (χ1n) is 9.94. The number of hydrogen-bond donors (Lipinski definition) is 0. The predicted octanol–water partition coefficient (Wildman–Crippen LogP) is 6.86. The van der Waals surface area contributed by atoms with Crippen molar-refractivity contribution in [3.05, 3.63) is 129 Å². The second-order valence-electron chi connectivity index (χ2n) is 7.36. The van der Waals surface area contributed by atoms with E-state index in [4.69, 9.17) is 11.6 Å². The molecule has 0 saturated carbocycles. The predicted molar refractivity (Wildman–Crippen MR) is 125 cm³/mol. The van der Waals surface area contributed by atoms with Crippen LogP contribution in [0.4, 0.5) is 0 Å². The molecular formula is C27H17ClO2S. The summed E-state index contributed by atoms with van der Waals surface area (Å²) in [5, 5.41) is 0.329. The molecule has 0 unspecified atom stereocenters. The van der Waals surface area contributed by atoms with E-state index in [1.54, 1.807) is 42.5 Å². The SMILES string of the molecule is O=C1c2ccccc2C(=O)c2c(Cl)cccc21.c1ccc2c(c1)Cc1ccccc1S2. The molecule has 0 spiro atoms. The van der Waals surface area contributed by atoms with Crippen molar-refractivity contribution >= 4 is 34.9 Å². The van der Waals surface area contributed by atoms with Gasteiger partial charge in [-0.15, -0.1) is 0 Å². The second kappa shape index (κ2) is 8.18. The highest BCUT2D eigenvalue weighted by Crippen LogP contribution is 2.38. The first-order chi connectivity index (χ1) is 15.1. The summed E-state index contributed by atoms with van der Waals surface area (Å²) in [6, 6.07) is 29.1. The molecule has 4 heteroatoms. The average Bonchev–Trinajstić information content (AvgIpc) is 2.81. The van der Waals surface area contributed by atoms with Gasteiger partial charge in [0.1, 0.15) is 0 Å². The summed E-state index contributed by atoms with van der Waals surface area (Å²) in [7, 11) is 0. The van der Waals surface area contributed by atoms with Crippen LogP contribution in [0.25, 0.3) is 0 Å². The van der Waals surface area contributed by atoms with Crippen LogP contribution in [0, 0.1) is 0 Å². The second-order valence-corrected chi connectivity index (χ2v) is 8.85. The molecule has 1 aliphatic heterocycles. The minimum atomic E-state index is -0.180. The largest absolute Gasteiger partial charge is 0.289 e. The van der Waals surface area contributed by atoms with E-state index in [0.29, 0.717) is 27.3 Å². The van der Waals surface area contributed by atoms with Gasteiger partial charge in [-0.05, 0) is 35.7 Å². The number of halogens is 1. The van der Waals surface area contributed by atoms with Crippen LogP contribution < -0.4 is 0 Å². The van der Waals surface area contributed by atoms with Crippen molar-refractivity contribution in [1.82, 2.24) is 0 Å². The molecule has 0 N–H and O–H groups in total. The highest BCUT2D eigenvalue weighted by molar-refractivity contribution is 7.99. The van der Waals surface area contributed by atoms with E-state index in [9.17, 15) is 9.59 Å². The highest BCUT2D eigenvalue weighted by atomic mass is 35.5. The zero-order chi connectivity index (χ0) is 21.4. The quantitative estimate of drug-likeness (QED) is 0.259. The number of carbonyl (C=O) groups is 2. The molecule has 0 atom stereocenters. The van der Waals surface area contributed by atoms with Crippen molar-refractivity contribution in [3.8, 4) is 0 Å². The molecule has 0 bridgehead atoms. The molecule has 0 aromatic heterocycles. The lowest BCUT2D eigenvalue weighted by Crippen LogP contribution is -2.21. The van der Waals surface area contributed by atoms with E-state index in [1.165, 1.54) is 20.9 Å². The zero-order valence-corrected chi connectivity index (χ0v) is 18.0. The van der Waals surface area contributed by atoms with Crippen LogP contribution in [0.3, 0.4) is 0 Å². The molecule has 2 nitrogen and oxygen atoms in total. The molecule has 0 amide bonds. The van der Waals surface area contributed by atoms with Crippen LogP contribution in [-0.2, 0) is 6.42 Å². The molecule has 0 fully saturated rings. The van der Waals surface area contributed by atoms with E-state index >= 15 is 0 Å². The summed E-state index contributed by atoms with van der Waals surface area (Å²) >= 11 is 7.88. The standard InChI is InChI=1S/C14H7ClO2.C13H10S/c15-11-7-3-6-10-12(11)14(17)9-5-2-1-4-8(9)13(10)16;1-3-7-12-10(5-1)9-11-6-2-4-8-13(11)14-12/h1-7H;1-8H,9H2. The fraction of sp³-hybridized carbons (Fsp3) is 0.0370. The number of fused-ring (bicyclic) bond motifs is 4. The van der Waals surface area contributed by atoms with Crippen LogP contribution >= 0.6 is 23.4 Å². The fourth-order valence-electron chi connectivity index (χ4n) is 3.93. The molecule has 4 aromatic rings. The van der Waals surface area contributed by atoms with E-state index in [2.05, 4.69) is 48.5 Å². The van der Waals surface area contributed by atoms with E-state index in [1.807, 2.05) is 11.8 Å². The maximum absolute atomic E-state index is 12.2. The first kappa shape index (κ1) is 19.8. The third-order valence-corrected chi connectivity index (χ3v) is 7.00. The molecule has 0 radical (unpaired) electrons. The van der Waals surface area contributed by atoms with Crippen LogP contribution in [0.5, 0.6) is 0 Å². The molecular weight excluding hydrogens is 424 g/mol. The van der Waals surface area contributed by atoms with Crippen molar-refractivity contribution < 1.29 is 9.59 Å². The van der Waals surface area contributed by atoms with Crippen molar-refractivity contribution in [2.75, 3.05) is 0 Å². The van der Waals surface area contributed by atoms with Gasteiger partial charge in [0.2, 0.25) is 0 Å². The number of hydrogen-bond acceptors (Lipinski definition) is 3. The number of rotatable bonds is 0. The van der Waals surface area contributed by atoms with Gasteiger partial charge in [0, 0.05) is 26.5 Å². The summed E-state index contributed by atoms with van der Waals surface area (Å²) in [6.45, 7) is 0. The van der Waals surface area contributed by atoms with Crippen molar-refractivity contribution in [3.63, 3.8) is 0 Å². The van der Waals surface area contributed by atoms with Gasteiger partial charge in [-0.25, -0.2) is 0 Å². The fourth-order valence-corrected chi connectivity index (χ4v) is 5.26. The Bertz CT molecular complexity index is 1260. The Balaban J connectivity index is 0.000000134. The van der Waals surface area contributed by atoms with Gasteiger partial charge in [0.15, 0.2) is 11.6 Å². The smallest absolute Gasteiger partial charge is 0.196 e. The average molecular weight is 441 g/mol. The lowest BCUT2D eigenvalue weighted by atomic mass is 9.84. The van der Waals surface area contributed by atoms with Crippen LogP contribution in [0.2, 0.25) is 5.02 Å². The van der Waals surface area contributed by atoms with E-state index in [-0.39, 0.29) is 11.6 Å². The summed E-state index contributed by atoms with van der Waals surface area (Å²) in [5.41, 5.74) is 4.50. The zero-order valence-electron chi connectivity index (χ0n) is 16.5. The van der Waals surface area contributed by atoms with Crippen LogP contribution in [0.1, 0.15) is 43.0 Å². The molecule has 1 aliphatic carbocycles. The number of ketones is 2. The van der Waals surface area contributed by atoms with Crippen molar-refractivity contribution in [2.24, 2.45) is 0 Å². The van der Waals surface area contributed by atoms with Gasteiger partial charge in [0.25, 0.3) is 0 Å². The molecule has 6 rings (SSSR count). The number of carbonyl (C=O) groups excluding carboxylic acids is 2. The molecule has 31 heavy (non-hydrogen) atoms. The highest BCUT2D eigenvalue weighted by Gasteiger charge is 2.30. The third-order valence-electron chi connectivity index (χ3n) is 5.45. The van der Waals surface area contributed by atoms with Crippen molar-refractivity contribution in [2.45, 2.75) is 16.2 Å². The molecule has 0 saturated heterocycles. The summed E-state index contributed by atoms with van der Waals surface area (Å²) in [6.07, 6.45) is 1.08. The Hall–Kier alpha value is -3.14. The molecule has 4 aromatic carbocycles. The maximum atomic E-state index is 12.2. The summed E-state index contributed by atoms with van der Waals surface area (Å²) in [4.78, 5) is 27.2. The van der Waals surface area contributed by atoms with Crippen LogP contribution in [0.15, 0.2) is 101 Å². The van der Waals surface area contributed by atoms with Gasteiger partial charge in [-0.3, -0.25) is 9.59 Å². The third kappa shape index (κ3) is 3.60. The minimum absolute atomic E-state index is 0.141. The molecule has 1 heterocycles. The van der Waals surface area contributed by atoms with E-state index in [0.717, 1.165) is 6.42 Å². The Kier molecular flexibility index (Phi) is 5.23. The normalized spacial score (nSPS) is 13.2. The van der Waals surface area contributed by atoms with Crippen molar-refractivity contribution in [1.29, 1.82) is 0 Å². The lowest BCUT2D eigenvalue weighted by Gasteiger charge is -2.17. The Morgan fingerprint density at radius 1 is 0.581 bits per heavy atom. The van der Waals surface area contributed by atoms with Gasteiger partial charge < -0.3 is 0 Å². The minimum Gasteiger partial charge on any atom is -0.289 e. The first-order valence-corrected chi connectivity index (χ1v) is 11.1. The topological polar surface area (TPSA) is 34.1 Å². The Morgan fingerprint density at radius 3 is 1.74 bits per heavy atom.